The highest BCUT2D eigenvalue weighted by Gasteiger charge is 2.26. The Morgan fingerprint density at radius 1 is 1.14 bits per heavy atom. The number of rotatable bonds is 6. The van der Waals surface area contributed by atoms with Gasteiger partial charge >= 0.3 is 0 Å². The largest absolute Gasteiger partial charge is 0.396 e. The van der Waals surface area contributed by atoms with Crippen molar-refractivity contribution in [1.82, 2.24) is 9.80 Å². The third-order valence-electron chi connectivity index (χ3n) is 4.44. The van der Waals surface area contributed by atoms with Gasteiger partial charge in [-0.2, -0.15) is 0 Å². The second-order valence-corrected chi connectivity index (χ2v) is 7.29. The van der Waals surface area contributed by atoms with E-state index >= 15 is 0 Å². The zero-order valence-corrected chi connectivity index (χ0v) is 14.7. The van der Waals surface area contributed by atoms with Crippen LogP contribution in [-0.2, 0) is 6.54 Å². The van der Waals surface area contributed by atoms with E-state index in [9.17, 15) is 5.11 Å². The molecule has 3 heteroatoms. The number of benzene rings is 1. The van der Waals surface area contributed by atoms with E-state index in [1.807, 2.05) is 0 Å². The second-order valence-electron chi connectivity index (χ2n) is 7.29. The lowest BCUT2D eigenvalue weighted by Gasteiger charge is -2.42. The number of aliphatic hydroxyl groups excluding tert-OH is 1. The lowest BCUT2D eigenvalue weighted by atomic mass is 10.0. The smallest absolute Gasteiger partial charge is 0.0446 e. The van der Waals surface area contributed by atoms with Crippen molar-refractivity contribution in [3.63, 3.8) is 0 Å². The molecule has 1 atom stereocenters. The molecule has 1 N–H and O–H groups in total. The molecule has 0 amide bonds. The Morgan fingerprint density at radius 3 is 2.41 bits per heavy atom. The van der Waals surface area contributed by atoms with Crippen LogP contribution in [-0.4, -0.2) is 53.7 Å². The van der Waals surface area contributed by atoms with Crippen LogP contribution >= 0.6 is 0 Å². The fourth-order valence-electron chi connectivity index (χ4n) is 3.65. The van der Waals surface area contributed by atoms with Crippen molar-refractivity contribution >= 4 is 0 Å². The molecular weight excluding hydrogens is 272 g/mol. The summed E-state index contributed by atoms with van der Waals surface area (Å²) in [6.45, 7) is 14.7. The van der Waals surface area contributed by atoms with Gasteiger partial charge in [0.15, 0.2) is 0 Å². The number of piperazine rings is 1. The molecule has 0 bridgehead atoms. The van der Waals surface area contributed by atoms with Crippen LogP contribution in [0.5, 0.6) is 0 Å². The average molecular weight is 304 g/mol. The molecule has 22 heavy (non-hydrogen) atoms. The molecule has 1 fully saturated rings. The first kappa shape index (κ1) is 17.5. The van der Waals surface area contributed by atoms with Gasteiger partial charge in [-0.3, -0.25) is 9.80 Å². The Kier molecular flexibility index (Phi) is 6.42. The van der Waals surface area contributed by atoms with Gasteiger partial charge in [0.05, 0.1) is 0 Å². The standard InChI is InChI=1S/C19H32N2O/c1-15(2)12-21-7-6-20(14-19(21)5-8-22)13-18-10-16(3)9-17(4)11-18/h9-11,15,19,22H,5-8,12-14H2,1-4H3. The van der Waals surface area contributed by atoms with Gasteiger partial charge in [0.2, 0.25) is 0 Å². The predicted octanol–water partition coefficient (Wildman–Crippen LogP) is 2.83. The summed E-state index contributed by atoms with van der Waals surface area (Å²) in [5, 5.41) is 9.37. The molecule has 1 heterocycles. The highest BCUT2D eigenvalue weighted by atomic mass is 16.3. The number of aryl methyl sites for hydroxylation is 2. The lowest BCUT2D eigenvalue weighted by molar-refractivity contribution is 0.0477. The molecule has 1 unspecified atom stereocenters. The normalized spacial score (nSPS) is 20.7. The number of aliphatic hydroxyl groups is 1. The van der Waals surface area contributed by atoms with Crippen LogP contribution in [0.15, 0.2) is 18.2 Å². The second kappa shape index (κ2) is 8.09. The van der Waals surface area contributed by atoms with Crippen molar-refractivity contribution in [3.05, 3.63) is 34.9 Å². The summed E-state index contributed by atoms with van der Waals surface area (Å²) in [7, 11) is 0. The van der Waals surface area contributed by atoms with Crippen LogP contribution in [0, 0.1) is 19.8 Å². The van der Waals surface area contributed by atoms with Crippen molar-refractivity contribution in [3.8, 4) is 0 Å². The van der Waals surface area contributed by atoms with E-state index in [4.69, 9.17) is 0 Å². The summed E-state index contributed by atoms with van der Waals surface area (Å²) in [6, 6.07) is 7.33. The summed E-state index contributed by atoms with van der Waals surface area (Å²) < 4.78 is 0. The van der Waals surface area contributed by atoms with Gasteiger partial charge in [-0.15, -0.1) is 0 Å². The molecule has 3 nitrogen and oxygen atoms in total. The average Bonchev–Trinajstić information content (AvgIpc) is 2.40. The molecule has 0 aromatic heterocycles. The van der Waals surface area contributed by atoms with Crippen molar-refractivity contribution < 1.29 is 5.11 Å². The summed E-state index contributed by atoms with van der Waals surface area (Å²) >= 11 is 0. The van der Waals surface area contributed by atoms with Gasteiger partial charge in [-0.05, 0) is 31.7 Å². The van der Waals surface area contributed by atoms with Gasteiger partial charge in [0, 0.05) is 45.4 Å². The van der Waals surface area contributed by atoms with Crippen LogP contribution in [0.2, 0.25) is 0 Å². The molecule has 1 aromatic carbocycles. The van der Waals surface area contributed by atoms with E-state index in [0.29, 0.717) is 12.0 Å². The molecule has 0 radical (unpaired) electrons. The molecular formula is C19H32N2O. The summed E-state index contributed by atoms with van der Waals surface area (Å²) in [5.74, 6) is 0.687. The zero-order chi connectivity index (χ0) is 16.1. The van der Waals surface area contributed by atoms with Crippen LogP contribution in [0.3, 0.4) is 0 Å². The Labute approximate surface area is 135 Å². The van der Waals surface area contributed by atoms with Gasteiger partial charge in [-0.25, -0.2) is 0 Å². The van der Waals surface area contributed by atoms with E-state index in [0.717, 1.165) is 39.1 Å². The van der Waals surface area contributed by atoms with Crippen molar-refractivity contribution in [2.75, 3.05) is 32.8 Å². The van der Waals surface area contributed by atoms with Crippen molar-refractivity contribution in [1.29, 1.82) is 0 Å². The van der Waals surface area contributed by atoms with Gasteiger partial charge in [-0.1, -0.05) is 43.2 Å². The minimum atomic E-state index is 0.288. The van der Waals surface area contributed by atoms with Gasteiger partial charge in [0.1, 0.15) is 0 Å². The van der Waals surface area contributed by atoms with E-state index in [2.05, 4.69) is 55.7 Å². The molecule has 2 rings (SSSR count). The van der Waals surface area contributed by atoms with Crippen LogP contribution in [0.4, 0.5) is 0 Å². The quantitative estimate of drug-likeness (QED) is 0.875. The maximum Gasteiger partial charge on any atom is 0.0446 e. The first-order valence-corrected chi connectivity index (χ1v) is 8.62. The summed E-state index contributed by atoms with van der Waals surface area (Å²) in [6.07, 6.45) is 0.885. The van der Waals surface area contributed by atoms with E-state index < -0.39 is 0 Å². The molecule has 0 saturated carbocycles. The highest BCUT2D eigenvalue weighted by molar-refractivity contribution is 5.28. The van der Waals surface area contributed by atoms with Gasteiger partial charge < -0.3 is 5.11 Å². The molecule has 1 aromatic rings. The Balaban J connectivity index is 1.98. The highest BCUT2D eigenvalue weighted by Crippen LogP contribution is 2.18. The third-order valence-corrected chi connectivity index (χ3v) is 4.44. The van der Waals surface area contributed by atoms with Crippen molar-refractivity contribution in [2.24, 2.45) is 5.92 Å². The van der Waals surface area contributed by atoms with E-state index in [1.165, 1.54) is 16.7 Å². The summed E-state index contributed by atoms with van der Waals surface area (Å²) in [4.78, 5) is 5.12. The Hall–Kier alpha value is -0.900. The predicted molar refractivity (Wildman–Crippen MR) is 93.1 cm³/mol. The first-order chi connectivity index (χ1) is 10.5. The number of nitrogens with zero attached hydrogens (tertiary/aromatic N) is 2. The molecule has 0 aliphatic carbocycles. The minimum absolute atomic E-state index is 0.288. The lowest BCUT2D eigenvalue weighted by Crippen LogP contribution is -2.53. The van der Waals surface area contributed by atoms with Crippen LogP contribution < -0.4 is 0 Å². The van der Waals surface area contributed by atoms with Crippen LogP contribution in [0.1, 0.15) is 37.0 Å². The molecule has 1 saturated heterocycles. The van der Waals surface area contributed by atoms with Gasteiger partial charge in [0.25, 0.3) is 0 Å². The molecule has 1 aliphatic rings. The minimum Gasteiger partial charge on any atom is -0.396 e. The fraction of sp³-hybridized carbons (Fsp3) is 0.684. The first-order valence-electron chi connectivity index (χ1n) is 8.62. The van der Waals surface area contributed by atoms with Crippen molar-refractivity contribution in [2.45, 2.75) is 46.7 Å². The number of hydrogen-bond donors (Lipinski definition) is 1. The SMILES string of the molecule is Cc1cc(C)cc(CN2CCN(CC(C)C)C(CCO)C2)c1. The maximum absolute atomic E-state index is 9.37. The van der Waals surface area contributed by atoms with Crippen LogP contribution in [0.25, 0.3) is 0 Å². The fourth-order valence-corrected chi connectivity index (χ4v) is 3.65. The van der Waals surface area contributed by atoms with E-state index in [1.54, 1.807) is 0 Å². The Morgan fingerprint density at radius 2 is 1.82 bits per heavy atom. The summed E-state index contributed by atoms with van der Waals surface area (Å²) in [5.41, 5.74) is 4.11. The monoisotopic (exact) mass is 304 g/mol. The zero-order valence-electron chi connectivity index (χ0n) is 14.7. The Bertz CT molecular complexity index is 452. The molecule has 0 spiro atoms. The topological polar surface area (TPSA) is 26.7 Å². The number of hydrogen-bond acceptors (Lipinski definition) is 3. The molecule has 124 valence electrons. The third kappa shape index (κ3) is 5.08. The maximum atomic E-state index is 9.37. The van der Waals surface area contributed by atoms with E-state index in [-0.39, 0.29) is 6.61 Å². The molecule has 1 aliphatic heterocycles.